The fraction of sp³-hybridized carbons (Fsp3) is 0.462. The Morgan fingerprint density at radius 3 is 2.81 bits per heavy atom. The van der Waals surface area contributed by atoms with Crippen molar-refractivity contribution in [3.05, 3.63) is 35.6 Å². The minimum absolute atomic E-state index is 0.180. The third kappa shape index (κ3) is 2.35. The third-order valence-electron chi connectivity index (χ3n) is 3.08. The molecule has 1 amide bonds. The minimum atomic E-state index is 0.180. The summed E-state index contributed by atoms with van der Waals surface area (Å²) in [6, 6.07) is 0. The smallest absolute Gasteiger partial charge is 0.253 e. The second-order valence-electron chi connectivity index (χ2n) is 4.16. The number of rotatable bonds is 2. The second kappa shape index (κ2) is 5.01. The molecule has 0 aromatic rings. The number of hydrogen-bond acceptors (Lipinski definition) is 2. The Balaban J connectivity index is 2.05. The molecule has 1 aliphatic carbocycles. The summed E-state index contributed by atoms with van der Waals surface area (Å²) in [5, 5.41) is 3.11. The molecule has 1 aliphatic heterocycles. The molecule has 1 saturated heterocycles. The van der Waals surface area contributed by atoms with Crippen LogP contribution in [0.1, 0.15) is 19.3 Å². The van der Waals surface area contributed by atoms with Crippen LogP contribution < -0.4 is 5.32 Å². The Labute approximate surface area is 96.5 Å². The summed E-state index contributed by atoms with van der Waals surface area (Å²) >= 11 is 0. The van der Waals surface area contributed by atoms with E-state index in [0.717, 1.165) is 43.6 Å². The summed E-state index contributed by atoms with van der Waals surface area (Å²) in [6.07, 6.45) is 11.0. The molecule has 3 heteroatoms. The molecule has 1 fully saturated rings. The van der Waals surface area contributed by atoms with Crippen LogP contribution in [0.3, 0.4) is 0 Å². The van der Waals surface area contributed by atoms with Gasteiger partial charge in [-0.25, -0.2) is 0 Å². The van der Waals surface area contributed by atoms with Gasteiger partial charge in [-0.3, -0.25) is 4.79 Å². The first-order valence-electron chi connectivity index (χ1n) is 5.85. The molecule has 0 aromatic carbocycles. The lowest BCUT2D eigenvalue weighted by Crippen LogP contribution is -2.28. The lowest BCUT2D eigenvalue weighted by molar-refractivity contribution is -0.125. The van der Waals surface area contributed by atoms with Crippen molar-refractivity contribution in [2.24, 2.45) is 0 Å². The topological polar surface area (TPSA) is 32.3 Å². The number of allylic oxidation sites excluding steroid dienone is 3. The van der Waals surface area contributed by atoms with Gasteiger partial charge in [0.1, 0.15) is 0 Å². The highest BCUT2D eigenvalue weighted by molar-refractivity contribution is 5.96. The van der Waals surface area contributed by atoms with Crippen LogP contribution in [0.5, 0.6) is 0 Å². The van der Waals surface area contributed by atoms with E-state index in [-0.39, 0.29) is 5.91 Å². The molecule has 0 aromatic heterocycles. The Bertz CT molecular complexity index is 360. The molecule has 2 rings (SSSR count). The Kier molecular flexibility index (Phi) is 3.44. The molecule has 2 aliphatic rings. The predicted octanol–water partition coefficient (Wildman–Crippen LogP) is 1.60. The highest BCUT2D eigenvalue weighted by Gasteiger charge is 2.20. The molecule has 86 valence electrons. The van der Waals surface area contributed by atoms with Crippen molar-refractivity contribution >= 4 is 5.91 Å². The zero-order valence-corrected chi connectivity index (χ0v) is 9.70. The van der Waals surface area contributed by atoms with Gasteiger partial charge < -0.3 is 10.2 Å². The van der Waals surface area contributed by atoms with Gasteiger partial charge in [-0.2, -0.15) is 0 Å². The van der Waals surface area contributed by atoms with Gasteiger partial charge in [-0.1, -0.05) is 12.2 Å². The van der Waals surface area contributed by atoms with Crippen molar-refractivity contribution in [3.8, 4) is 0 Å². The normalized spacial score (nSPS) is 20.2. The van der Waals surface area contributed by atoms with Gasteiger partial charge >= 0.3 is 0 Å². The average molecular weight is 218 g/mol. The molecule has 1 N–H and O–H groups in total. The molecule has 0 spiro atoms. The van der Waals surface area contributed by atoms with Crippen LogP contribution in [0.25, 0.3) is 0 Å². The van der Waals surface area contributed by atoms with E-state index in [1.807, 2.05) is 36.3 Å². The van der Waals surface area contributed by atoms with Crippen molar-refractivity contribution in [3.63, 3.8) is 0 Å². The van der Waals surface area contributed by atoms with E-state index in [1.54, 1.807) is 0 Å². The fourth-order valence-corrected chi connectivity index (χ4v) is 2.07. The van der Waals surface area contributed by atoms with E-state index >= 15 is 0 Å². The Morgan fingerprint density at radius 1 is 1.38 bits per heavy atom. The number of carbonyl (C=O) groups is 1. The molecule has 1 heterocycles. The summed E-state index contributed by atoms with van der Waals surface area (Å²) < 4.78 is 0. The monoisotopic (exact) mass is 218 g/mol. The van der Waals surface area contributed by atoms with Crippen molar-refractivity contribution < 1.29 is 4.79 Å². The van der Waals surface area contributed by atoms with Crippen LogP contribution in [0.4, 0.5) is 0 Å². The quantitative estimate of drug-likeness (QED) is 0.763. The van der Waals surface area contributed by atoms with Crippen LogP contribution >= 0.6 is 0 Å². The second-order valence-corrected chi connectivity index (χ2v) is 4.16. The maximum atomic E-state index is 12.1. The fourth-order valence-electron chi connectivity index (χ4n) is 2.07. The summed E-state index contributed by atoms with van der Waals surface area (Å²) in [6.45, 7) is 1.83. The largest absolute Gasteiger partial charge is 0.391 e. The van der Waals surface area contributed by atoms with E-state index in [1.165, 1.54) is 0 Å². The van der Waals surface area contributed by atoms with Crippen LogP contribution in [0.15, 0.2) is 35.6 Å². The van der Waals surface area contributed by atoms with E-state index < -0.39 is 0 Å². The molecular weight excluding hydrogens is 200 g/mol. The first-order valence-corrected chi connectivity index (χ1v) is 5.85. The van der Waals surface area contributed by atoms with Gasteiger partial charge in [0.15, 0.2) is 0 Å². The molecule has 0 atom stereocenters. The average Bonchev–Trinajstić information content (AvgIpc) is 2.73. The number of hydrogen-bond donors (Lipinski definition) is 1. The van der Waals surface area contributed by atoms with E-state index in [9.17, 15) is 4.79 Å². The highest BCUT2D eigenvalue weighted by Crippen LogP contribution is 2.16. The van der Waals surface area contributed by atoms with E-state index in [0.29, 0.717) is 0 Å². The standard InChI is InChI=1S/C13H18N2O/c1-14-12-6-4-5-11(7-8-12)13(16)15-9-2-3-10-15/h4-7,14H,2-3,8-10H2,1H3. The summed E-state index contributed by atoms with van der Waals surface area (Å²) in [5.74, 6) is 0.180. The van der Waals surface area contributed by atoms with Gasteiger partial charge in [0, 0.05) is 37.8 Å². The Morgan fingerprint density at radius 2 is 2.12 bits per heavy atom. The van der Waals surface area contributed by atoms with Crippen LogP contribution in [-0.4, -0.2) is 30.9 Å². The van der Waals surface area contributed by atoms with Crippen molar-refractivity contribution in [1.82, 2.24) is 10.2 Å². The highest BCUT2D eigenvalue weighted by atomic mass is 16.2. The zero-order chi connectivity index (χ0) is 11.4. The number of likely N-dealkylation sites (tertiary alicyclic amines) is 1. The van der Waals surface area contributed by atoms with Gasteiger partial charge in [0.05, 0.1) is 0 Å². The summed E-state index contributed by atoms with van der Waals surface area (Å²) in [4.78, 5) is 14.1. The van der Waals surface area contributed by atoms with Gasteiger partial charge in [-0.15, -0.1) is 0 Å². The number of carbonyl (C=O) groups excluding carboxylic acids is 1. The number of amides is 1. The third-order valence-corrected chi connectivity index (χ3v) is 3.08. The Hall–Kier alpha value is -1.51. The maximum Gasteiger partial charge on any atom is 0.253 e. The molecular formula is C13H18N2O. The van der Waals surface area contributed by atoms with Crippen LogP contribution in [0.2, 0.25) is 0 Å². The van der Waals surface area contributed by atoms with Crippen molar-refractivity contribution in [2.75, 3.05) is 20.1 Å². The summed E-state index contributed by atoms with van der Waals surface area (Å²) in [7, 11) is 1.90. The molecule has 0 bridgehead atoms. The van der Waals surface area contributed by atoms with E-state index in [4.69, 9.17) is 0 Å². The SMILES string of the molecule is CNC1=CC=CC(C(=O)N2CCCC2)=CC1. The molecule has 0 unspecified atom stereocenters. The van der Waals surface area contributed by atoms with Crippen LogP contribution in [-0.2, 0) is 4.79 Å². The van der Waals surface area contributed by atoms with Gasteiger partial charge in [0.2, 0.25) is 0 Å². The first kappa shape index (κ1) is 11.0. The minimum Gasteiger partial charge on any atom is -0.391 e. The molecule has 0 saturated carbocycles. The number of nitrogens with zero attached hydrogens (tertiary/aromatic N) is 1. The van der Waals surface area contributed by atoms with Gasteiger partial charge in [0.25, 0.3) is 5.91 Å². The van der Waals surface area contributed by atoms with Crippen LogP contribution in [0, 0.1) is 0 Å². The van der Waals surface area contributed by atoms with Gasteiger partial charge in [-0.05, 0) is 25.0 Å². The van der Waals surface area contributed by atoms with E-state index in [2.05, 4.69) is 5.32 Å². The molecule has 0 radical (unpaired) electrons. The lowest BCUT2D eigenvalue weighted by Gasteiger charge is -2.15. The number of nitrogens with one attached hydrogen (secondary N) is 1. The first-order chi connectivity index (χ1) is 7.81. The molecule has 3 nitrogen and oxygen atoms in total. The lowest BCUT2D eigenvalue weighted by atomic mass is 10.2. The predicted molar refractivity (Wildman–Crippen MR) is 64.8 cm³/mol. The van der Waals surface area contributed by atoms with Crippen molar-refractivity contribution in [2.45, 2.75) is 19.3 Å². The summed E-state index contributed by atoms with van der Waals surface area (Å²) in [5.41, 5.74) is 1.96. The van der Waals surface area contributed by atoms with Crippen molar-refractivity contribution in [1.29, 1.82) is 0 Å². The molecule has 16 heavy (non-hydrogen) atoms. The zero-order valence-electron chi connectivity index (χ0n) is 9.70. The maximum absolute atomic E-state index is 12.1.